The lowest BCUT2D eigenvalue weighted by Gasteiger charge is -2.16. The fourth-order valence-corrected chi connectivity index (χ4v) is 3.66. The predicted octanol–water partition coefficient (Wildman–Crippen LogP) is 3.91. The van der Waals surface area contributed by atoms with Gasteiger partial charge in [-0.1, -0.05) is 17.7 Å². The van der Waals surface area contributed by atoms with Crippen molar-refractivity contribution in [2.24, 2.45) is 0 Å². The van der Waals surface area contributed by atoms with E-state index >= 15 is 0 Å². The molecule has 0 saturated carbocycles. The molecule has 0 atom stereocenters. The molecule has 106 valence electrons. The van der Waals surface area contributed by atoms with E-state index < -0.39 is 0 Å². The average Bonchev–Trinajstić information content (AvgIpc) is 3.12. The molecular formula is C13H15ClN4S2. The number of nitrogens with zero attached hydrogens (tertiary/aromatic N) is 3. The maximum Gasteiger partial charge on any atom is 0.212 e. The van der Waals surface area contributed by atoms with E-state index in [1.807, 2.05) is 6.07 Å². The highest BCUT2D eigenvalue weighted by Crippen LogP contribution is 2.27. The smallest absolute Gasteiger partial charge is 0.212 e. The zero-order chi connectivity index (χ0) is 13.8. The summed E-state index contributed by atoms with van der Waals surface area (Å²) in [6.45, 7) is 3.32. The second kappa shape index (κ2) is 6.76. The van der Waals surface area contributed by atoms with Crippen LogP contribution in [0.3, 0.4) is 0 Å². The molecule has 2 heterocycles. The lowest BCUT2D eigenvalue weighted by Crippen LogP contribution is -2.18. The average molecular weight is 327 g/mol. The molecule has 1 aliphatic heterocycles. The third kappa shape index (κ3) is 3.63. The number of likely N-dealkylation sites (tertiary alicyclic amines) is 1. The molecule has 0 unspecified atom stereocenters. The minimum atomic E-state index is 0.798. The van der Waals surface area contributed by atoms with Gasteiger partial charge in [0, 0.05) is 28.0 Å². The van der Waals surface area contributed by atoms with E-state index in [0.717, 1.165) is 21.6 Å². The van der Waals surface area contributed by atoms with Crippen LogP contribution in [-0.2, 0) is 6.54 Å². The Morgan fingerprint density at radius 3 is 2.90 bits per heavy atom. The van der Waals surface area contributed by atoms with Crippen molar-refractivity contribution in [3.63, 3.8) is 0 Å². The first-order valence-corrected chi connectivity index (χ1v) is 8.48. The minimum Gasteiger partial charge on any atom is -0.300 e. The van der Waals surface area contributed by atoms with Crippen molar-refractivity contribution < 1.29 is 0 Å². The maximum absolute atomic E-state index is 6.38. The zero-order valence-corrected chi connectivity index (χ0v) is 13.3. The molecule has 4 nitrogen and oxygen atoms in total. The zero-order valence-electron chi connectivity index (χ0n) is 10.9. The van der Waals surface area contributed by atoms with Crippen molar-refractivity contribution in [1.29, 1.82) is 0 Å². The van der Waals surface area contributed by atoms with Gasteiger partial charge in [-0.15, -0.1) is 0 Å². The highest BCUT2D eigenvalue weighted by molar-refractivity contribution is 8.00. The van der Waals surface area contributed by atoms with E-state index in [1.165, 1.54) is 55.0 Å². The molecule has 1 N–H and O–H groups in total. The Kier molecular flexibility index (Phi) is 4.77. The fraction of sp³-hybridized carbons (Fsp3) is 0.385. The topological polar surface area (TPSA) is 41.1 Å². The quantitative estimate of drug-likeness (QED) is 0.844. The maximum atomic E-state index is 6.38. The molecule has 0 bridgehead atoms. The van der Waals surface area contributed by atoms with E-state index in [9.17, 15) is 0 Å². The van der Waals surface area contributed by atoms with E-state index in [2.05, 4.69) is 31.1 Å². The van der Waals surface area contributed by atoms with Crippen molar-refractivity contribution >= 4 is 40.2 Å². The van der Waals surface area contributed by atoms with Gasteiger partial charge >= 0.3 is 0 Å². The van der Waals surface area contributed by atoms with Crippen LogP contribution in [0.25, 0.3) is 0 Å². The van der Waals surface area contributed by atoms with Gasteiger partial charge in [-0.2, -0.15) is 4.37 Å². The molecule has 1 aromatic carbocycles. The van der Waals surface area contributed by atoms with Crippen molar-refractivity contribution in [1.82, 2.24) is 14.3 Å². The number of nitrogens with one attached hydrogen (secondary N) is 1. The van der Waals surface area contributed by atoms with Crippen molar-refractivity contribution in [3.8, 4) is 0 Å². The third-order valence-electron chi connectivity index (χ3n) is 3.23. The number of halogens is 1. The van der Waals surface area contributed by atoms with Crippen molar-refractivity contribution in [2.45, 2.75) is 24.3 Å². The van der Waals surface area contributed by atoms with Crippen LogP contribution in [0.4, 0.5) is 5.13 Å². The third-order valence-corrected chi connectivity index (χ3v) is 5.08. The van der Waals surface area contributed by atoms with E-state index in [4.69, 9.17) is 11.6 Å². The van der Waals surface area contributed by atoms with Crippen molar-refractivity contribution in [2.75, 3.05) is 17.8 Å². The van der Waals surface area contributed by atoms with Gasteiger partial charge < -0.3 is 4.72 Å². The summed E-state index contributed by atoms with van der Waals surface area (Å²) in [5.74, 6) is 0. The Morgan fingerprint density at radius 1 is 1.35 bits per heavy atom. The summed E-state index contributed by atoms with van der Waals surface area (Å²) in [6.07, 6.45) is 4.15. The van der Waals surface area contributed by atoms with E-state index in [0.29, 0.717) is 0 Å². The highest BCUT2D eigenvalue weighted by Gasteiger charge is 2.13. The summed E-state index contributed by atoms with van der Waals surface area (Å²) >= 11 is 9.22. The van der Waals surface area contributed by atoms with Crippen LogP contribution in [0.15, 0.2) is 29.4 Å². The fourth-order valence-electron chi connectivity index (χ4n) is 2.22. The molecule has 7 heteroatoms. The Labute approximate surface area is 131 Å². The molecule has 20 heavy (non-hydrogen) atoms. The number of anilines is 1. The number of benzene rings is 1. The van der Waals surface area contributed by atoms with Gasteiger partial charge in [-0.05, 0) is 55.6 Å². The summed E-state index contributed by atoms with van der Waals surface area (Å²) in [5.41, 5.74) is 1.20. The van der Waals surface area contributed by atoms with Gasteiger partial charge in [0.1, 0.15) is 6.33 Å². The predicted molar refractivity (Wildman–Crippen MR) is 85.4 cm³/mol. The normalized spacial score (nSPS) is 15.7. The van der Waals surface area contributed by atoms with Gasteiger partial charge in [0.15, 0.2) is 0 Å². The lowest BCUT2D eigenvalue weighted by molar-refractivity contribution is 0.331. The van der Waals surface area contributed by atoms with Crippen molar-refractivity contribution in [3.05, 3.63) is 35.1 Å². The Morgan fingerprint density at radius 2 is 2.20 bits per heavy atom. The molecule has 1 fully saturated rings. The van der Waals surface area contributed by atoms with Crippen LogP contribution < -0.4 is 4.72 Å². The Balaban J connectivity index is 1.61. The monoisotopic (exact) mass is 326 g/mol. The molecule has 1 saturated heterocycles. The van der Waals surface area contributed by atoms with Gasteiger partial charge in [0.25, 0.3) is 0 Å². The van der Waals surface area contributed by atoms with Crippen LogP contribution in [0.1, 0.15) is 18.4 Å². The van der Waals surface area contributed by atoms with Crippen LogP contribution in [0.2, 0.25) is 5.02 Å². The van der Waals surface area contributed by atoms with Crippen LogP contribution in [0.5, 0.6) is 0 Å². The second-order valence-corrected chi connectivity index (χ2v) is 6.75. The first kappa shape index (κ1) is 14.1. The Bertz CT molecular complexity index is 556. The largest absolute Gasteiger partial charge is 0.300 e. The summed E-state index contributed by atoms with van der Waals surface area (Å²) in [4.78, 5) is 7.61. The van der Waals surface area contributed by atoms with Crippen LogP contribution in [0, 0.1) is 0 Å². The molecule has 2 aromatic rings. The number of hydrogen-bond donors (Lipinski definition) is 1. The SMILES string of the molecule is Clc1cc(SNc2ncns2)ccc1CN1CCCC1. The van der Waals surface area contributed by atoms with E-state index in [-0.39, 0.29) is 0 Å². The number of aromatic nitrogens is 2. The Hall–Kier alpha value is -0.820. The molecule has 0 aliphatic carbocycles. The van der Waals surface area contributed by atoms with Crippen LogP contribution >= 0.6 is 35.1 Å². The molecular weight excluding hydrogens is 312 g/mol. The highest BCUT2D eigenvalue weighted by atomic mass is 35.5. The number of hydrogen-bond acceptors (Lipinski definition) is 6. The van der Waals surface area contributed by atoms with Gasteiger partial charge in [0.2, 0.25) is 5.13 Å². The first-order chi connectivity index (χ1) is 9.81. The van der Waals surface area contributed by atoms with Crippen LogP contribution in [-0.4, -0.2) is 27.3 Å². The van der Waals surface area contributed by atoms with Gasteiger partial charge in [-0.3, -0.25) is 4.90 Å². The summed E-state index contributed by atoms with van der Waals surface area (Å²) in [6, 6.07) is 6.21. The van der Waals surface area contributed by atoms with Gasteiger partial charge in [-0.25, -0.2) is 4.98 Å². The molecule has 1 aliphatic rings. The summed E-state index contributed by atoms with van der Waals surface area (Å²) in [5, 5.41) is 1.63. The minimum absolute atomic E-state index is 0.798. The van der Waals surface area contributed by atoms with Gasteiger partial charge in [0.05, 0.1) is 0 Å². The first-order valence-electron chi connectivity index (χ1n) is 6.51. The lowest BCUT2D eigenvalue weighted by atomic mass is 10.2. The molecule has 0 radical (unpaired) electrons. The second-order valence-electron chi connectivity index (χ2n) is 4.69. The molecule has 1 aromatic heterocycles. The standard InChI is InChI=1S/C13H15ClN4S2/c14-12-7-11(19-17-13-15-9-16-20-13)4-3-10(12)8-18-5-1-2-6-18/h3-4,7,9H,1-2,5-6,8H2,(H,15,16,17). The molecule has 3 rings (SSSR count). The van der Waals surface area contributed by atoms with E-state index in [1.54, 1.807) is 6.33 Å². The number of rotatable bonds is 5. The summed E-state index contributed by atoms with van der Waals surface area (Å²) in [7, 11) is 0. The summed E-state index contributed by atoms with van der Waals surface area (Å²) < 4.78 is 7.10. The molecule has 0 spiro atoms. The molecule has 0 amide bonds.